The number of carbonyl (C=O) groups is 2. The topological polar surface area (TPSA) is 107 Å². The first-order valence-corrected chi connectivity index (χ1v) is 26.1. The van der Waals surface area contributed by atoms with E-state index >= 15 is 0 Å². The number of unbranched alkanes of at least 4 members (excludes halogenated alkanes) is 38. The van der Waals surface area contributed by atoms with Crippen LogP contribution in [0.5, 0.6) is 0 Å². The largest absolute Gasteiger partial charge is 0.466 e. The van der Waals surface area contributed by atoms with Crippen LogP contribution in [-0.2, 0) is 29.2 Å². The Balaban J connectivity index is 0. The monoisotopic (exact) mass is 822 g/mol. The molecule has 0 aromatic carbocycles. The van der Waals surface area contributed by atoms with E-state index in [0.717, 1.165) is 32.1 Å². The molecular formula is C48H94LiO7S. The molecule has 9 heteroatoms. The zero-order chi connectivity index (χ0) is 41.1. The summed E-state index contributed by atoms with van der Waals surface area (Å²) >= 11 is 0. The van der Waals surface area contributed by atoms with E-state index in [9.17, 15) is 22.6 Å². The van der Waals surface area contributed by atoms with Crippen LogP contribution in [0.25, 0.3) is 0 Å². The van der Waals surface area contributed by atoms with Gasteiger partial charge in [-0.25, -0.2) is 0 Å². The van der Waals surface area contributed by atoms with Crippen LogP contribution in [0.3, 0.4) is 0 Å². The van der Waals surface area contributed by atoms with Gasteiger partial charge in [0.2, 0.25) is 0 Å². The van der Waals surface area contributed by atoms with Crippen LogP contribution >= 0.6 is 0 Å². The molecule has 7 nitrogen and oxygen atoms in total. The average molecular weight is 822 g/mol. The summed E-state index contributed by atoms with van der Waals surface area (Å²) in [6.07, 6.45) is 50.6. The molecule has 0 fully saturated rings. The van der Waals surface area contributed by atoms with Crippen molar-refractivity contribution >= 4 is 40.9 Å². The van der Waals surface area contributed by atoms with Crippen molar-refractivity contribution < 1.29 is 32.0 Å². The van der Waals surface area contributed by atoms with Gasteiger partial charge in [-0.15, -0.1) is 0 Å². The van der Waals surface area contributed by atoms with Crippen LogP contribution in [0.4, 0.5) is 0 Å². The maximum absolute atomic E-state index is 12.4. The molecule has 1 N–H and O–H groups in total. The standard InChI is InChI=1S/C48H94O7S.Li/c1-3-5-7-9-11-13-15-17-19-21-23-25-27-29-31-33-35-37-39-41-43-54-47(49)45-46(56(51,52)53)48(50)55-44-42-40-38-36-34-32-30-28-26-24-22-20-18-16-14-12-10-8-6-4-2;/h46H,3-45H2,1-2H3,(H,51,52,53);. The number of esters is 2. The fourth-order valence-electron chi connectivity index (χ4n) is 7.69. The number of rotatable bonds is 46. The minimum Gasteiger partial charge on any atom is -0.466 e. The summed E-state index contributed by atoms with van der Waals surface area (Å²) in [5.74, 6) is -1.89. The average Bonchev–Trinajstić information content (AvgIpc) is 3.17. The third kappa shape index (κ3) is 44.8. The summed E-state index contributed by atoms with van der Waals surface area (Å²) in [5, 5.41) is -1.94. The quantitative estimate of drug-likeness (QED) is 0.0282. The molecule has 0 aromatic heterocycles. The molecule has 1 atom stereocenters. The second-order valence-electron chi connectivity index (χ2n) is 17.0. The van der Waals surface area contributed by atoms with Crippen molar-refractivity contribution in [2.24, 2.45) is 0 Å². The van der Waals surface area contributed by atoms with E-state index in [-0.39, 0.29) is 32.1 Å². The number of ether oxygens (including phenoxy) is 2. The van der Waals surface area contributed by atoms with Crippen LogP contribution in [0, 0.1) is 0 Å². The summed E-state index contributed by atoms with van der Waals surface area (Å²) in [6.45, 7) is 4.82. The van der Waals surface area contributed by atoms with Gasteiger partial charge in [-0.2, -0.15) is 8.42 Å². The SMILES string of the molecule is CCCCCCCCCCCCCCCCCCCCCCOC(=O)CC(C(=O)OCCCCCCCCCCCCCCCCCCCCCC)S(=O)(=O)O.[Li]. The second-order valence-corrected chi connectivity index (χ2v) is 18.6. The maximum Gasteiger partial charge on any atom is 0.327 e. The van der Waals surface area contributed by atoms with Gasteiger partial charge in [0.25, 0.3) is 10.1 Å². The smallest absolute Gasteiger partial charge is 0.327 e. The molecule has 1 radical (unpaired) electrons. The van der Waals surface area contributed by atoms with Gasteiger partial charge in [-0.05, 0) is 12.8 Å². The van der Waals surface area contributed by atoms with Gasteiger partial charge in [0.1, 0.15) is 0 Å². The van der Waals surface area contributed by atoms with Crippen molar-refractivity contribution in [2.75, 3.05) is 13.2 Å². The first-order valence-electron chi connectivity index (χ1n) is 24.6. The molecule has 0 aliphatic rings. The molecule has 0 aromatic rings. The molecule has 0 aliphatic carbocycles. The van der Waals surface area contributed by atoms with E-state index in [2.05, 4.69) is 13.8 Å². The summed E-state index contributed by atoms with van der Waals surface area (Å²) in [6, 6.07) is 0. The van der Waals surface area contributed by atoms with Crippen LogP contribution in [0.1, 0.15) is 277 Å². The van der Waals surface area contributed by atoms with E-state index in [4.69, 9.17) is 9.47 Å². The Morgan fingerprint density at radius 2 is 0.596 bits per heavy atom. The third-order valence-electron chi connectivity index (χ3n) is 11.5. The molecule has 0 saturated carbocycles. The van der Waals surface area contributed by atoms with Crippen LogP contribution in [0.15, 0.2) is 0 Å². The molecule has 0 amide bonds. The maximum atomic E-state index is 12.4. The van der Waals surface area contributed by atoms with Crippen LogP contribution < -0.4 is 0 Å². The van der Waals surface area contributed by atoms with Gasteiger partial charge in [-0.3, -0.25) is 14.1 Å². The number of carbonyl (C=O) groups excluding carboxylic acids is 2. The Hall–Kier alpha value is -0.553. The van der Waals surface area contributed by atoms with Gasteiger partial charge in [-0.1, -0.05) is 258 Å². The van der Waals surface area contributed by atoms with Crippen molar-refractivity contribution in [2.45, 2.75) is 282 Å². The predicted octanol–water partition coefficient (Wildman–Crippen LogP) is 15.0. The van der Waals surface area contributed by atoms with Gasteiger partial charge < -0.3 is 9.47 Å². The summed E-state index contributed by atoms with van der Waals surface area (Å²) in [7, 11) is -4.78. The summed E-state index contributed by atoms with van der Waals surface area (Å²) in [5.41, 5.74) is 0. The summed E-state index contributed by atoms with van der Waals surface area (Å²) < 4.78 is 43.6. The Kier molecular flexibility index (Phi) is 47.8. The molecule has 335 valence electrons. The van der Waals surface area contributed by atoms with Gasteiger partial charge in [0.05, 0.1) is 19.6 Å². The molecule has 0 aliphatic heterocycles. The number of hydrogen-bond acceptors (Lipinski definition) is 6. The molecule has 57 heavy (non-hydrogen) atoms. The fraction of sp³-hybridized carbons (Fsp3) is 0.958. The minimum absolute atomic E-state index is 0. The van der Waals surface area contributed by atoms with Crippen molar-refractivity contribution in [1.29, 1.82) is 0 Å². The molecule has 0 bridgehead atoms. The van der Waals surface area contributed by atoms with E-state index in [1.807, 2.05) is 0 Å². The van der Waals surface area contributed by atoms with Gasteiger partial charge >= 0.3 is 11.9 Å². The van der Waals surface area contributed by atoms with E-state index in [1.54, 1.807) is 0 Å². The molecule has 1 unspecified atom stereocenters. The van der Waals surface area contributed by atoms with Crippen LogP contribution in [-0.4, -0.2) is 62.2 Å². The Morgan fingerprint density at radius 1 is 0.386 bits per heavy atom. The Bertz CT molecular complexity index is 945. The first-order chi connectivity index (χ1) is 27.3. The van der Waals surface area contributed by atoms with Crippen molar-refractivity contribution in [3.8, 4) is 0 Å². The third-order valence-corrected chi connectivity index (χ3v) is 12.6. The fourth-order valence-corrected chi connectivity index (χ4v) is 8.34. The van der Waals surface area contributed by atoms with Crippen LogP contribution in [0.2, 0.25) is 0 Å². The first kappa shape index (κ1) is 58.5. The molecule has 0 heterocycles. The summed E-state index contributed by atoms with van der Waals surface area (Å²) in [4.78, 5) is 24.7. The normalized spacial score (nSPS) is 12.1. The Morgan fingerprint density at radius 3 is 0.825 bits per heavy atom. The van der Waals surface area contributed by atoms with Crippen molar-refractivity contribution in [3.05, 3.63) is 0 Å². The van der Waals surface area contributed by atoms with E-state index in [0.29, 0.717) is 12.8 Å². The van der Waals surface area contributed by atoms with E-state index < -0.39 is 33.7 Å². The Labute approximate surface area is 366 Å². The minimum atomic E-state index is -4.78. The van der Waals surface area contributed by atoms with Crippen molar-refractivity contribution in [1.82, 2.24) is 0 Å². The van der Waals surface area contributed by atoms with E-state index in [1.165, 1.54) is 212 Å². The molecule has 0 rings (SSSR count). The van der Waals surface area contributed by atoms with Gasteiger partial charge in [0.15, 0.2) is 5.25 Å². The van der Waals surface area contributed by atoms with Gasteiger partial charge in [0, 0.05) is 18.9 Å². The second kappa shape index (κ2) is 46.5. The molecule has 0 spiro atoms. The number of hydrogen-bond donors (Lipinski definition) is 1. The molecular weight excluding hydrogens is 728 g/mol. The zero-order valence-corrected chi connectivity index (χ0v) is 39.1. The predicted molar refractivity (Wildman–Crippen MR) is 244 cm³/mol. The zero-order valence-electron chi connectivity index (χ0n) is 38.3. The van der Waals surface area contributed by atoms with Crippen molar-refractivity contribution in [3.63, 3.8) is 0 Å². The molecule has 0 saturated heterocycles.